The zero-order valence-corrected chi connectivity index (χ0v) is 26.6. The Balaban J connectivity index is 1.01. The highest BCUT2D eigenvalue weighted by atomic mass is 19.2. The van der Waals surface area contributed by atoms with Gasteiger partial charge in [0.05, 0.1) is 12.7 Å². The molecule has 0 bridgehead atoms. The van der Waals surface area contributed by atoms with Gasteiger partial charge < -0.3 is 9.47 Å². The van der Waals surface area contributed by atoms with Crippen LogP contribution in [0.15, 0.2) is 36.4 Å². The normalized spacial score (nSPS) is 28.0. The van der Waals surface area contributed by atoms with Crippen LogP contribution in [0.3, 0.4) is 0 Å². The van der Waals surface area contributed by atoms with E-state index in [0.29, 0.717) is 53.9 Å². The number of halogens is 4. The zero-order valence-electron chi connectivity index (χ0n) is 26.6. The molecule has 3 aliphatic rings. The van der Waals surface area contributed by atoms with Gasteiger partial charge in [-0.1, -0.05) is 30.4 Å². The van der Waals surface area contributed by atoms with Gasteiger partial charge in [-0.3, -0.25) is 0 Å². The maximum absolute atomic E-state index is 14.9. The minimum absolute atomic E-state index is 0.0000840. The van der Waals surface area contributed by atoms with Gasteiger partial charge in [0.25, 0.3) is 0 Å². The molecule has 5 rings (SSSR count). The van der Waals surface area contributed by atoms with E-state index < -0.39 is 23.3 Å². The molecule has 44 heavy (non-hydrogen) atoms. The smallest absolute Gasteiger partial charge is 0.200 e. The van der Waals surface area contributed by atoms with E-state index in [1.165, 1.54) is 25.7 Å². The molecule has 242 valence electrons. The fourth-order valence-electron chi connectivity index (χ4n) is 8.19. The SMILES string of the molecule is CC=CCCc1ccc(C2CCC(OCC3CCC(C4CCC(c5ccc(OCC)c(F)c5F)CC4)CC3)CC2)c(F)c1F. The van der Waals surface area contributed by atoms with E-state index in [4.69, 9.17) is 9.47 Å². The third-order valence-corrected chi connectivity index (χ3v) is 10.8. The molecule has 2 nitrogen and oxygen atoms in total. The van der Waals surface area contributed by atoms with Crippen LogP contribution in [0.5, 0.6) is 5.75 Å². The van der Waals surface area contributed by atoms with Crippen molar-refractivity contribution < 1.29 is 27.0 Å². The van der Waals surface area contributed by atoms with Crippen molar-refractivity contribution in [2.75, 3.05) is 13.2 Å². The van der Waals surface area contributed by atoms with Crippen LogP contribution < -0.4 is 4.74 Å². The van der Waals surface area contributed by atoms with Crippen molar-refractivity contribution >= 4 is 0 Å². The second kappa shape index (κ2) is 15.8. The number of allylic oxidation sites excluding steroid dienone is 2. The molecule has 2 aromatic carbocycles. The molecule has 0 radical (unpaired) electrons. The monoisotopic (exact) mass is 614 g/mol. The maximum atomic E-state index is 14.9. The molecule has 0 aromatic heterocycles. The number of hydrogen-bond acceptors (Lipinski definition) is 2. The summed E-state index contributed by atoms with van der Waals surface area (Å²) in [5, 5.41) is 0. The highest BCUT2D eigenvalue weighted by Gasteiger charge is 2.33. The first-order chi connectivity index (χ1) is 21.4. The summed E-state index contributed by atoms with van der Waals surface area (Å²) in [6.45, 7) is 4.80. The van der Waals surface area contributed by atoms with Crippen LogP contribution in [0.25, 0.3) is 0 Å². The van der Waals surface area contributed by atoms with Crippen LogP contribution in [-0.4, -0.2) is 19.3 Å². The van der Waals surface area contributed by atoms with Crippen molar-refractivity contribution in [1.82, 2.24) is 0 Å². The van der Waals surface area contributed by atoms with Gasteiger partial charge in [0.2, 0.25) is 5.82 Å². The van der Waals surface area contributed by atoms with Gasteiger partial charge in [-0.25, -0.2) is 13.2 Å². The lowest BCUT2D eigenvalue weighted by atomic mass is 9.68. The summed E-state index contributed by atoms with van der Waals surface area (Å²) in [7, 11) is 0. The Hall–Kier alpha value is -2.34. The van der Waals surface area contributed by atoms with Crippen LogP contribution in [0, 0.1) is 41.0 Å². The summed E-state index contributed by atoms with van der Waals surface area (Å²) < 4.78 is 70.4. The Labute approximate surface area is 261 Å². The largest absolute Gasteiger partial charge is 0.491 e. The van der Waals surface area contributed by atoms with E-state index in [1.807, 2.05) is 19.1 Å². The average molecular weight is 615 g/mol. The van der Waals surface area contributed by atoms with Crippen LogP contribution in [0.2, 0.25) is 0 Å². The minimum Gasteiger partial charge on any atom is -0.491 e. The molecule has 2 aromatic rings. The van der Waals surface area contributed by atoms with Gasteiger partial charge in [0.15, 0.2) is 23.2 Å². The van der Waals surface area contributed by atoms with Gasteiger partial charge >= 0.3 is 0 Å². The Morgan fingerprint density at radius 3 is 1.86 bits per heavy atom. The van der Waals surface area contributed by atoms with E-state index in [1.54, 1.807) is 31.2 Å². The summed E-state index contributed by atoms with van der Waals surface area (Å²) in [6.07, 6.45) is 17.6. The molecule has 0 heterocycles. The lowest BCUT2D eigenvalue weighted by Gasteiger charge is -2.38. The first-order valence-electron chi connectivity index (χ1n) is 17.2. The third kappa shape index (κ3) is 7.89. The zero-order chi connectivity index (χ0) is 31.1. The molecule has 3 aliphatic carbocycles. The molecule has 0 amide bonds. The van der Waals surface area contributed by atoms with E-state index in [9.17, 15) is 17.6 Å². The Morgan fingerprint density at radius 2 is 1.25 bits per heavy atom. The minimum atomic E-state index is -0.856. The fourth-order valence-corrected chi connectivity index (χ4v) is 8.19. The third-order valence-electron chi connectivity index (χ3n) is 10.8. The standard InChI is InChI=1S/C38H50F4O2/c1-3-5-6-7-30-18-21-32(36(40)35(30)39)29-16-19-31(20-17-29)44-24-25-8-10-26(11-9-25)27-12-14-28(15-13-27)33-22-23-34(43-4-2)38(42)37(33)41/h3,5,18,21-23,25-29,31H,4,6-17,19-20,24H2,1-2H3. The number of ether oxygens (including phenoxy) is 2. The predicted octanol–water partition coefficient (Wildman–Crippen LogP) is 11.0. The van der Waals surface area contributed by atoms with E-state index in [-0.39, 0.29) is 23.7 Å². The first-order valence-corrected chi connectivity index (χ1v) is 17.2. The molecule has 0 spiro atoms. The van der Waals surface area contributed by atoms with Gasteiger partial charge in [-0.05, 0) is 156 Å². The first kappa shape index (κ1) is 33.0. The molecule has 0 aliphatic heterocycles. The molecular formula is C38H50F4O2. The molecule has 0 unspecified atom stereocenters. The van der Waals surface area contributed by atoms with Gasteiger partial charge in [0, 0.05) is 6.61 Å². The summed E-state index contributed by atoms with van der Waals surface area (Å²) in [6, 6.07) is 6.86. The van der Waals surface area contributed by atoms with Crippen LogP contribution in [-0.2, 0) is 11.2 Å². The highest BCUT2D eigenvalue weighted by Crippen LogP contribution is 2.45. The molecule has 0 saturated heterocycles. The molecule has 3 saturated carbocycles. The maximum Gasteiger partial charge on any atom is 0.200 e. The number of benzene rings is 2. The van der Waals surface area contributed by atoms with E-state index in [2.05, 4.69) is 0 Å². The predicted molar refractivity (Wildman–Crippen MR) is 168 cm³/mol. The number of aryl methyl sites for hydroxylation is 1. The summed E-state index contributed by atoms with van der Waals surface area (Å²) in [4.78, 5) is 0. The molecule has 0 N–H and O–H groups in total. The summed E-state index contributed by atoms with van der Waals surface area (Å²) >= 11 is 0. The van der Waals surface area contributed by atoms with Crippen LogP contribution in [0.1, 0.15) is 126 Å². The van der Waals surface area contributed by atoms with E-state index in [0.717, 1.165) is 58.0 Å². The second-order valence-corrected chi connectivity index (χ2v) is 13.5. The molecular weight excluding hydrogens is 564 g/mol. The van der Waals surface area contributed by atoms with Crippen molar-refractivity contribution in [2.45, 2.75) is 122 Å². The van der Waals surface area contributed by atoms with E-state index >= 15 is 0 Å². The molecule has 3 fully saturated rings. The van der Waals surface area contributed by atoms with Crippen molar-refractivity contribution in [3.8, 4) is 5.75 Å². The van der Waals surface area contributed by atoms with Gasteiger partial charge in [-0.15, -0.1) is 0 Å². The topological polar surface area (TPSA) is 18.5 Å². The Morgan fingerprint density at radius 1 is 0.682 bits per heavy atom. The van der Waals surface area contributed by atoms with Crippen molar-refractivity contribution in [1.29, 1.82) is 0 Å². The number of rotatable bonds is 11. The van der Waals surface area contributed by atoms with Gasteiger partial charge in [-0.2, -0.15) is 4.39 Å². The lowest BCUT2D eigenvalue weighted by Crippen LogP contribution is -2.29. The Bertz CT molecular complexity index is 1240. The summed E-state index contributed by atoms with van der Waals surface area (Å²) in [5.41, 5.74) is 1.49. The Kier molecular flexibility index (Phi) is 11.8. The fraction of sp³-hybridized carbons (Fsp3) is 0.632. The lowest BCUT2D eigenvalue weighted by molar-refractivity contribution is -0.00763. The number of hydrogen-bond donors (Lipinski definition) is 0. The molecule has 6 heteroatoms. The molecule has 0 atom stereocenters. The average Bonchev–Trinajstić information content (AvgIpc) is 3.05. The van der Waals surface area contributed by atoms with Crippen molar-refractivity contribution in [2.24, 2.45) is 17.8 Å². The summed E-state index contributed by atoms with van der Waals surface area (Å²) in [5.74, 6) is -0.808. The van der Waals surface area contributed by atoms with Crippen LogP contribution in [0.4, 0.5) is 17.6 Å². The quantitative estimate of drug-likeness (QED) is 0.185. The highest BCUT2D eigenvalue weighted by molar-refractivity contribution is 5.33. The second-order valence-electron chi connectivity index (χ2n) is 13.5. The van der Waals surface area contributed by atoms with Crippen molar-refractivity contribution in [3.63, 3.8) is 0 Å². The van der Waals surface area contributed by atoms with Crippen LogP contribution >= 0.6 is 0 Å². The van der Waals surface area contributed by atoms with Crippen molar-refractivity contribution in [3.05, 3.63) is 76.4 Å². The van der Waals surface area contributed by atoms with Gasteiger partial charge in [0.1, 0.15) is 0 Å².